The minimum Gasteiger partial charge on any atom is -0.351 e. The van der Waals surface area contributed by atoms with Crippen LogP contribution in [0.5, 0.6) is 0 Å². The van der Waals surface area contributed by atoms with Crippen LogP contribution in [0.25, 0.3) is 22.2 Å². The molecule has 1 aromatic heterocycles. The maximum atomic E-state index is 13.0. The van der Waals surface area contributed by atoms with Crippen molar-refractivity contribution >= 4 is 16.8 Å². The molecule has 0 aliphatic rings. The Balaban J connectivity index is 2.01. The lowest BCUT2D eigenvalue weighted by atomic mass is 10.1. The summed E-state index contributed by atoms with van der Waals surface area (Å²) in [6.07, 6.45) is 0. The zero-order valence-corrected chi connectivity index (χ0v) is 11.8. The van der Waals surface area contributed by atoms with Crippen molar-refractivity contribution in [3.8, 4) is 11.3 Å². The highest BCUT2D eigenvalue weighted by Gasteiger charge is 2.12. The highest BCUT2D eigenvalue weighted by molar-refractivity contribution is 6.01. The monoisotopic (exact) mass is 298 g/mol. The number of nitrogens with two attached hydrogens (primary N) is 1. The lowest BCUT2D eigenvalue weighted by Gasteiger charge is -2.04. The summed E-state index contributed by atoms with van der Waals surface area (Å²) in [4.78, 5) is 12.0. The van der Waals surface area contributed by atoms with Gasteiger partial charge >= 0.3 is 0 Å². The first kappa shape index (κ1) is 14.2. The molecule has 0 saturated heterocycles. The molecule has 6 heteroatoms. The van der Waals surface area contributed by atoms with Crippen molar-refractivity contribution in [1.82, 2.24) is 15.5 Å². The predicted molar refractivity (Wildman–Crippen MR) is 82.9 cm³/mol. The standard InChI is InChI=1S/C16H15FN4O/c17-12-4-1-10(2-5-12)15-13-9-11(16(22)19-8-7-18)3-6-14(13)20-21-15/h1-6,9H,7-8,18H2,(H,19,22)(H,20,21). The number of fused-ring (bicyclic) bond motifs is 1. The third-order valence-electron chi connectivity index (χ3n) is 3.37. The molecule has 22 heavy (non-hydrogen) atoms. The number of halogens is 1. The number of aromatic amines is 1. The lowest BCUT2D eigenvalue weighted by molar-refractivity contribution is 0.0955. The van der Waals surface area contributed by atoms with Crippen LogP contribution in [-0.4, -0.2) is 29.2 Å². The van der Waals surface area contributed by atoms with E-state index in [1.807, 2.05) is 0 Å². The Morgan fingerprint density at radius 2 is 2.00 bits per heavy atom. The van der Waals surface area contributed by atoms with Crippen LogP contribution >= 0.6 is 0 Å². The number of aromatic nitrogens is 2. The topological polar surface area (TPSA) is 83.8 Å². The van der Waals surface area contributed by atoms with Crippen LogP contribution in [0.2, 0.25) is 0 Å². The first-order valence-electron chi connectivity index (χ1n) is 6.91. The molecule has 1 heterocycles. The molecule has 1 amide bonds. The van der Waals surface area contributed by atoms with Gasteiger partial charge in [0.2, 0.25) is 0 Å². The Labute approximate surface area is 126 Å². The quantitative estimate of drug-likeness (QED) is 0.689. The molecule has 0 aliphatic carbocycles. The van der Waals surface area contributed by atoms with Crippen molar-refractivity contribution < 1.29 is 9.18 Å². The van der Waals surface area contributed by atoms with E-state index in [1.54, 1.807) is 30.3 Å². The molecule has 4 N–H and O–H groups in total. The number of amides is 1. The summed E-state index contributed by atoms with van der Waals surface area (Å²) in [5.41, 5.74) is 8.20. The van der Waals surface area contributed by atoms with Gasteiger partial charge in [-0.1, -0.05) is 0 Å². The number of carbonyl (C=O) groups is 1. The summed E-state index contributed by atoms with van der Waals surface area (Å²) < 4.78 is 13.0. The predicted octanol–water partition coefficient (Wildman–Crippen LogP) is 2.06. The van der Waals surface area contributed by atoms with Crippen molar-refractivity contribution in [3.63, 3.8) is 0 Å². The van der Waals surface area contributed by atoms with E-state index >= 15 is 0 Å². The fraction of sp³-hybridized carbons (Fsp3) is 0.125. The second-order valence-corrected chi connectivity index (χ2v) is 4.88. The van der Waals surface area contributed by atoms with Gasteiger partial charge in [-0.2, -0.15) is 5.10 Å². The lowest BCUT2D eigenvalue weighted by Crippen LogP contribution is -2.28. The second kappa shape index (κ2) is 5.95. The molecule has 2 aromatic carbocycles. The third kappa shape index (κ3) is 2.68. The molecule has 0 unspecified atom stereocenters. The van der Waals surface area contributed by atoms with Crippen LogP contribution in [0, 0.1) is 5.82 Å². The Bertz CT molecular complexity index is 811. The number of nitrogens with zero attached hydrogens (tertiary/aromatic N) is 1. The molecule has 112 valence electrons. The number of hydrogen-bond acceptors (Lipinski definition) is 3. The van der Waals surface area contributed by atoms with Gasteiger partial charge in [0.15, 0.2) is 0 Å². The smallest absolute Gasteiger partial charge is 0.251 e. The van der Waals surface area contributed by atoms with Gasteiger partial charge in [0.25, 0.3) is 5.91 Å². The number of benzene rings is 2. The van der Waals surface area contributed by atoms with Crippen molar-refractivity contribution in [2.45, 2.75) is 0 Å². The fourth-order valence-corrected chi connectivity index (χ4v) is 2.27. The summed E-state index contributed by atoms with van der Waals surface area (Å²) in [7, 11) is 0. The van der Waals surface area contributed by atoms with Crippen LogP contribution in [0.1, 0.15) is 10.4 Å². The highest BCUT2D eigenvalue weighted by atomic mass is 19.1. The zero-order chi connectivity index (χ0) is 15.5. The summed E-state index contributed by atoms with van der Waals surface area (Å²) in [5.74, 6) is -0.482. The molecule has 0 spiro atoms. The second-order valence-electron chi connectivity index (χ2n) is 4.88. The van der Waals surface area contributed by atoms with Gasteiger partial charge in [0, 0.05) is 29.6 Å². The zero-order valence-electron chi connectivity index (χ0n) is 11.8. The molecular formula is C16H15FN4O. The fourth-order valence-electron chi connectivity index (χ4n) is 2.27. The molecule has 0 aliphatic heterocycles. The molecule has 0 saturated carbocycles. The van der Waals surface area contributed by atoms with Gasteiger partial charge in [-0.15, -0.1) is 0 Å². The Morgan fingerprint density at radius 1 is 1.23 bits per heavy atom. The average molecular weight is 298 g/mol. The van der Waals surface area contributed by atoms with Gasteiger partial charge in [0.1, 0.15) is 5.82 Å². The minimum atomic E-state index is -0.301. The van der Waals surface area contributed by atoms with Gasteiger partial charge in [-0.25, -0.2) is 4.39 Å². The number of hydrogen-bond donors (Lipinski definition) is 3. The van der Waals surface area contributed by atoms with Gasteiger partial charge in [0.05, 0.1) is 11.2 Å². The van der Waals surface area contributed by atoms with Gasteiger partial charge < -0.3 is 11.1 Å². The minimum absolute atomic E-state index is 0.182. The molecule has 3 rings (SSSR count). The molecular weight excluding hydrogens is 283 g/mol. The highest BCUT2D eigenvalue weighted by Crippen LogP contribution is 2.27. The van der Waals surface area contributed by atoms with Crippen LogP contribution in [0.3, 0.4) is 0 Å². The van der Waals surface area contributed by atoms with E-state index in [0.717, 1.165) is 16.5 Å². The van der Waals surface area contributed by atoms with E-state index in [0.29, 0.717) is 24.3 Å². The average Bonchev–Trinajstić information content (AvgIpc) is 2.96. The first-order valence-corrected chi connectivity index (χ1v) is 6.91. The van der Waals surface area contributed by atoms with Crippen LogP contribution in [0.4, 0.5) is 4.39 Å². The molecule has 0 fully saturated rings. The van der Waals surface area contributed by atoms with E-state index in [9.17, 15) is 9.18 Å². The van der Waals surface area contributed by atoms with E-state index in [4.69, 9.17) is 5.73 Å². The SMILES string of the molecule is NCCNC(=O)c1ccc2[nH]nc(-c3ccc(F)cc3)c2c1. The number of H-pyrrole nitrogens is 1. The summed E-state index contributed by atoms with van der Waals surface area (Å²) in [5, 5.41) is 10.7. The number of rotatable bonds is 4. The molecule has 5 nitrogen and oxygen atoms in total. The largest absolute Gasteiger partial charge is 0.351 e. The summed E-state index contributed by atoms with van der Waals surface area (Å²) >= 11 is 0. The van der Waals surface area contributed by atoms with Crippen molar-refractivity contribution in [2.24, 2.45) is 5.73 Å². The Hall–Kier alpha value is -2.73. The van der Waals surface area contributed by atoms with Crippen LogP contribution in [-0.2, 0) is 0 Å². The van der Waals surface area contributed by atoms with E-state index in [1.165, 1.54) is 12.1 Å². The normalized spacial score (nSPS) is 10.8. The van der Waals surface area contributed by atoms with Gasteiger partial charge in [-0.3, -0.25) is 9.89 Å². The molecule has 3 aromatic rings. The van der Waals surface area contributed by atoms with Crippen molar-refractivity contribution in [3.05, 3.63) is 53.8 Å². The van der Waals surface area contributed by atoms with Crippen molar-refractivity contribution in [2.75, 3.05) is 13.1 Å². The van der Waals surface area contributed by atoms with E-state index < -0.39 is 0 Å². The molecule has 0 atom stereocenters. The van der Waals surface area contributed by atoms with Crippen LogP contribution in [0.15, 0.2) is 42.5 Å². The van der Waals surface area contributed by atoms with E-state index in [2.05, 4.69) is 15.5 Å². The maximum Gasteiger partial charge on any atom is 0.251 e. The summed E-state index contributed by atoms with van der Waals surface area (Å²) in [6, 6.07) is 11.4. The number of carbonyl (C=O) groups excluding carboxylic acids is 1. The molecule has 0 bridgehead atoms. The van der Waals surface area contributed by atoms with Crippen molar-refractivity contribution in [1.29, 1.82) is 0 Å². The maximum absolute atomic E-state index is 13.0. The Kier molecular flexibility index (Phi) is 3.84. The Morgan fingerprint density at radius 3 is 2.73 bits per heavy atom. The third-order valence-corrected chi connectivity index (χ3v) is 3.37. The van der Waals surface area contributed by atoms with Crippen LogP contribution < -0.4 is 11.1 Å². The van der Waals surface area contributed by atoms with Gasteiger partial charge in [-0.05, 0) is 42.5 Å². The van der Waals surface area contributed by atoms with E-state index in [-0.39, 0.29) is 11.7 Å². The number of nitrogens with one attached hydrogen (secondary N) is 2. The first-order chi connectivity index (χ1) is 10.7. The molecule has 0 radical (unpaired) electrons. The summed E-state index contributed by atoms with van der Waals surface area (Å²) in [6.45, 7) is 0.813.